The van der Waals surface area contributed by atoms with Gasteiger partial charge in [0.2, 0.25) is 0 Å². The molecule has 0 aromatic carbocycles. The van der Waals surface area contributed by atoms with E-state index in [2.05, 4.69) is 36.5 Å². The zero-order chi connectivity index (χ0) is 17.9. The minimum Gasteiger partial charge on any atom is -0.373 e. The van der Waals surface area contributed by atoms with E-state index in [4.69, 9.17) is 4.74 Å². The highest BCUT2D eigenvalue weighted by Crippen LogP contribution is 2.41. The van der Waals surface area contributed by atoms with E-state index < -0.39 is 0 Å². The van der Waals surface area contributed by atoms with Crippen molar-refractivity contribution in [1.82, 2.24) is 15.1 Å². The Hall–Kier alpha value is -1.56. The third kappa shape index (κ3) is 3.84. The van der Waals surface area contributed by atoms with E-state index in [0.717, 1.165) is 56.6 Å². The summed E-state index contributed by atoms with van der Waals surface area (Å²) in [7, 11) is 0. The Morgan fingerprint density at radius 3 is 2.88 bits per heavy atom. The smallest absolute Gasteiger partial charge is 0.319 e. The molecular formula is C19H32N4O2. The van der Waals surface area contributed by atoms with Crippen LogP contribution in [-0.2, 0) is 11.3 Å². The van der Waals surface area contributed by atoms with Gasteiger partial charge in [0.1, 0.15) is 0 Å². The van der Waals surface area contributed by atoms with Crippen molar-refractivity contribution in [3.63, 3.8) is 0 Å². The summed E-state index contributed by atoms with van der Waals surface area (Å²) in [6.07, 6.45) is 9.41. The molecule has 1 spiro atoms. The first-order chi connectivity index (χ1) is 12.1. The van der Waals surface area contributed by atoms with Gasteiger partial charge in [-0.25, -0.2) is 4.79 Å². The van der Waals surface area contributed by atoms with Crippen LogP contribution in [0, 0.1) is 0 Å². The first-order valence-corrected chi connectivity index (χ1v) is 9.83. The molecule has 1 aliphatic carbocycles. The topological polar surface area (TPSA) is 68.2 Å². The number of carbonyl (C=O) groups is 1. The number of nitrogens with one attached hydrogen (secondary N) is 2. The highest BCUT2D eigenvalue weighted by Gasteiger charge is 2.46. The summed E-state index contributed by atoms with van der Waals surface area (Å²) in [5, 5.41) is 10.7. The second kappa shape index (κ2) is 7.77. The fourth-order valence-corrected chi connectivity index (χ4v) is 4.32. The molecule has 2 heterocycles. The lowest BCUT2D eigenvalue weighted by Gasteiger charge is -2.30. The van der Waals surface area contributed by atoms with Gasteiger partial charge in [-0.1, -0.05) is 40.0 Å². The molecule has 1 saturated heterocycles. The molecule has 6 nitrogen and oxygen atoms in total. The lowest BCUT2D eigenvalue weighted by molar-refractivity contribution is -0.00230. The van der Waals surface area contributed by atoms with Crippen LogP contribution < -0.4 is 10.6 Å². The predicted octanol–water partition coefficient (Wildman–Crippen LogP) is 4.03. The number of amides is 2. The summed E-state index contributed by atoms with van der Waals surface area (Å²) < 4.78 is 8.05. The molecule has 2 N–H and O–H groups in total. The van der Waals surface area contributed by atoms with Crippen LogP contribution in [-0.4, -0.2) is 34.1 Å². The first kappa shape index (κ1) is 18.2. The van der Waals surface area contributed by atoms with Gasteiger partial charge in [-0.15, -0.1) is 0 Å². The summed E-state index contributed by atoms with van der Waals surface area (Å²) in [6.45, 7) is 8.10. The lowest BCUT2D eigenvalue weighted by Crippen LogP contribution is -2.49. The number of aryl methyl sites for hydroxylation is 1. The van der Waals surface area contributed by atoms with Gasteiger partial charge in [0, 0.05) is 13.2 Å². The molecule has 25 heavy (non-hydrogen) atoms. The average Bonchev–Trinajstić information content (AvgIpc) is 3.28. The number of hydrogen-bond donors (Lipinski definition) is 2. The van der Waals surface area contributed by atoms with Crippen LogP contribution in [0.2, 0.25) is 0 Å². The Kier molecular flexibility index (Phi) is 5.67. The van der Waals surface area contributed by atoms with Crippen molar-refractivity contribution in [1.29, 1.82) is 0 Å². The second-order valence-electron chi connectivity index (χ2n) is 7.73. The normalized spacial score (nSPS) is 22.0. The molecule has 2 aliphatic rings. The van der Waals surface area contributed by atoms with Gasteiger partial charge >= 0.3 is 6.03 Å². The molecule has 1 unspecified atom stereocenters. The Bertz CT molecular complexity index is 585. The minimum absolute atomic E-state index is 0.118. The molecule has 1 atom stereocenters. The molecule has 0 bridgehead atoms. The molecule has 1 aromatic rings. The van der Waals surface area contributed by atoms with Crippen molar-refractivity contribution in [3.05, 3.63) is 11.9 Å². The van der Waals surface area contributed by atoms with E-state index in [1.54, 1.807) is 6.20 Å². The fourth-order valence-electron chi connectivity index (χ4n) is 4.32. The van der Waals surface area contributed by atoms with E-state index in [1.165, 1.54) is 12.8 Å². The summed E-state index contributed by atoms with van der Waals surface area (Å²) in [5.74, 6) is 0.311. The van der Waals surface area contributed by atoms with Crippen molar-refractivity contribution < 1.29 is 9.53 Å². The third-order valence-corrected chi connectivity index (χ3v) is 5.59. The van der Waals surface area contributed by atoms with E-state index in [9.17, 15) is 4.79 Å². The molecule has 1 saturated carbocycles. The molecule has 1 aliphatic heterocycles. The molecule has 2 amide bonds. The Balaban J connectivity index is 1.65. The Labute approximate surface area is 150 Å². The van der Waals surface area contributed by atoms with Crippen LogP contribution in [0.4, 0.5) is 10.5 Å². The number of aromatic nitrogens is 2. The van der Waals surface area contributed by atoms with Crippen molar-refractivity contribution in [3.8, 4) is 0 Å². The van der Waals surface area contributed by atoms with Gasteiger partial charge in [0.15, 0.2) is 0 Å². The monoisotopic (exact) mass is 348 g/mol. The summed E-state index contributed by atoms with van der Waals surface area (Å²) >= 11 is 0. The Morgan fingerprint density at radius 2 is 2.20 bits per heavy atom. The molecule has 1 aromatic heterocycles. The van der Waals surface area contributed by atoms with Crippen molar-refractivity contribution >= 4 is 11.7 Å². The zero-order valence-corrected chi connectivity index (χ0v) is 15.8. The molecule has 140 valence electrons. The number of urea groups is 1. The fraction of sp³-hybridized carbons (Fsp3) is 0.789. The molecule has 6 heteroatoms. The van der Waals surface area contributed by atoms with Gasteiger partial charge in [-0.2, -0.15) is 5.10 Å². The maximum atomic E-state index is 12.6. The highest BCUT2D eigenvalue weighted by molar-refractivity contribution is 5.90. The maximum Gasteiger partial charge on any atom is 0.319 e. The number of anilines is 1. The number of rotatable bonds is 6. The average molecular weight is 348 g/mol. The van der Waals surface area contributed by atoms with Gasteiger partial charge in [0.25, 0.3) is 0 Å². The van der Waals surface area contributed by atoms with E-state index in [1.807, 2.05) is 4.68 Å². The molecule has 2 fully saturated rings. The van der Waals surface area contributed by atoms with Crippen molar-refractivity contribution in [2.45, 2.75) is 89.8 Å². The predicted molar refractivity (Wildman–Crippen MR) is 98.9 cm³/mol. The van der Waals surface area contributed by atoms with Gasteiger partial charge in [-0.3, -0.25) is 4.68 Å². The van der Waals surface area contributed by atoms with Gasteiger partial charge in [-0.05, 0) is 31.6 Å². The van der Waals surface area contributed by atoms with Crippen LogP contribution in [0.25, 0.3) is 0 Å². The zero-order valence-electron chi connectivity index (χ0n) is 15.8. The standard InChI is InChI=1S/C19H32N4O2/c1-4-5-11-23-17(14(2)3)15(13-20-23)21-18(24)22-16-8-12-25-19(16)9-6-7-10-19/h13-14,16H,4-12H2,1-3H3,(H2,21,22,24). The van der Waals surface area contributed by atoms with Crippen molar-refractivity contribution in [2.75, 3.05) is 11.9 Å². The quantitative estimate of drug-likeness (QED) is 0.815. The van der Waals surface area contributed by atoms with Crippen LogP contribution in [0.15, 0.2) is 6.20 Å². The number of ether oxygens (including phenoxy) is 1. The summed E-state index contributed by atoms with van der Waals surface area (Å²) in [6, 6.07) is -0.0219. The van der Waals surface area contributed by atoms with E-state index >= 15 is 0 Å². The number of nitrogens with zero attached hydrogens (tertiary/aromatic N) is 2. The minimum atomic E-state index is -0.140. The number of carbonyl (C=O) groups excluding carboxylic acids is 1. The third-order valence-electron chi connectivity index (χ3n) is 5.59. The van der Waals surface area contributed by atoms with Crippen LogP contribution in [0.5, 0.6) is 0 Å². The number of hydrogen-bond acceptors (Lipinski definition) is 3. The van der Waals surface area contributed by atoms with Crippen LogP contribution in [0.1, 0.15) is 77.3 Å². The number of unbranched alkanes of at least 4 members (excludes halogenated alkanes) is 1. The van der Waals surface area contributed by atoms with E-state index in [0.29, 0.717) is 5.92 Å². The molecule has 0 radical (unpaired) electrons. The first-order valence-electron chi connectivity index (χ1n) is 9.83. The lowest BCUT2D eigenvalue weighted by atomic mass is 9.93. The second-order valence-corrected chi connectivity index (χ2v) is 7.73. The highest BCUT2D eigenvalue weighted by atomic mass is 16.5. The Morgan fingerprint density at radius 1 is 1.44 bits per heavy atom. The summed E-state index contributed by atoms with van der Waals surface area (Å²) in [5.41, 5.74) is 1.80. The van der Waals surface area contributed by atoms with Crippen LogP contribution >= 0.6 is 0 Å². The van der Waals surface area contributed by atoms with Gasteiger partial charge < -0.3 is 15.4 Å². The molecular weight excluding hydrogens is 316 g/mol. The SMILES string of the molecule is CCCCn1ncc(NC(=O)NC2CCOC23CCCC3)c1C(C)C. The van der Waals surface area contributed by atoms with Gasteiger partial charge in [0.05, 0.1) is 29.2 Å². The molecule has 3 rings (SSSR count). The summed E-state index contributed by atoms with van der Waals surface area (Å²) in [4.78, 5) is 12.6. The largest absolute Gasteiger partial charge is 0.373 e. The van der Waals surface area contributed by atoms with Crippen molar-refractivity contribution in [2.24, 2.45) is 0 Å². The van der Waals surface area contributed by atoms with E-state index in [-0.39, 0.29) is 17.7 Å². The maximum absolute atomic E-state index is 12.6. The van der Waals surface area contributed by atoms with Crippen LogP contribution in [0.3, 0.4) is 0 Å².